The Morgan fingerprint density at radius 3 is 2.75 bits per heavy atom. The predicted molar refractivity (Wildman–Crippen MR) is 65.6 cm³/mol. The second-order valence-corrected chi connectivity index (χ2v) is 5.52. The highest BCUT2D eigenvalue weighted by Gasteiger charge is 2.37. The van der Waals surface area contributed by atoms with Crippen LogP contribution in [0.4, 0.5) is 5.82 Å². The van der Waals surface area contributed by atoms with E-state index in [1.54, 1.807) is 0 Å². The third kappa shape index (κ3) is 1.57. The first-order valence-electron chi connectivity index (χ1n) is 5.74. The fourth-order valence-corrected chi connectivity index (χ4v) is 3.47. The van der Waals surface area contributed by atoms with Crippen LogP contribution in [-0.2, 0) is 0 Å². The summed E-state index contributed by atoms with van der Waals surface area (Å²) in [6.45, 7) is 2.11. The molecule has 1 aliphatic heterocycles. The summed E-state index contributed by atoms with van der Waals surface area (Å²) in [5.41, 5.74) is -0.0953. The lowest BCUT2D eigenvalue weighted by Crippen LogP contribution is -2.25. The molecule has 2 fully saturated rings. The molecule has 16 heavy (non-hydrogen) atoms. The molecule has 1 saturated carbocycles. The summed E-state index contributed by atoms with van der Waals surface area (Å²) in [7, 11) is 0. The van der Waals surface area contributed by atoms with E-state index in [1.165, 1.54) is 25.6 Å². The summed E-state index contributed by atoms with van der Waals surface area (Å²) < 4.78 is 0.565. The van der Waals surface area contributed by atoms with Gasteiger partial charge in [0, 0.05) is 13.1 Å². The van der Waals surface area contributed by atoms with E-state index in [-0.39, 0.29) is 5.56 Å². The smallest absolute Gasteiger partial charge is 0.267 e. The third-order valence-corrected chi connectivity index (χ3v) is 4.52. The molecule has 2 unspecified atom stereocenters. The Morgan fingerprint density at radius 2 is 2.06 bits per heavy atom. The Morgan fingerprint density at radius 1 is 1.38 bits per heavy atom. The Hall–Kier alpha value is -0.840. The van der Waals surface area contributed by atoms with Crippen LogP contribution in [0, 0.1) is 11.8 Å². The highest BCUT2D eigenvalue weighted by molar-refractivity contribution is 9.10. The summed E-state index contributed by atoms with van der Waals surface area (Å²) in [4.78, 5) is 20.6. The van der Waals surface area contributed by atoms with Crippen LogP contribution >= 0.6 is 15.9 Å². The number of hydrogen-bond donors (Lipinski definition) is 1. The van der Waals surface area contributed by atoms with Gasteiger partial charge in [0.05, 0.1) is 6.33 Å². The minimum Gasteiger partial charge on any atom is -0.355 e. The maximum absolute atomic E-state index is 11.5. The SMILES string of the molecule is O=c1[nH]cnc(N2CC3CCCC3C2)c1Br. The van der Waals surface area contributed by atoms with E-state index >= 15 is 0 Å². The zero-order valence-electron chi connectivity index (χ0n) is 8.95. The predicted octanol–water partition coefficient (Wildman–Crippen LogP) is 1.77. The number of fused-ring (bicyclic) bond motifs is 1. The van der Waals surface area contributed by atoms with Crippen LogP contribution in [0.5, 0.6) is 0 Å². The van der Waals surface area contributed by atoms with Crippen LogP contribution in [0.2, 0.25) is 0 Å². The van der Waals surface area contributed by atoms with E-state index in [4.69, 9.17) is 0 Å². The van der Waals surface area contributed by atoms with Crippen LogP contribution in [0.3, 0.4) is 0 Å². The average Bonchev–Trinajstić information content (AvgIpc) is 2.81. The van der Waals surface area contributed by atoms with Gasteiger partial charge in [0.25, 0.3) is 5.56 Å². The van der Waals surface area contributed by atoms with Crippen molar-refractivity contribution >= 4 is 21.7 Å². The van der Waals surface area contributed by atoms with Gasteiger partial charge in [-0.1, -0.05) is 6.42 Å². The first-order chi connectivity index (χ1) is 7.75. The molecule has 4 nitrogen and oxygen atoms in total. The molecule has 1 aromatic rings. The maximum Gasteiger partial charge on any atom is 0.267 e. The van der Waals surface area contributed by atoms with Crippen LogP contribution < -0.4 is 10.5 Å². The molecule has 1 aliphatic carbocycles. The highest BCUT2D eigenvalue weighted by atomic mass is 79.9. The quantitative estimate of drug-likeness (QED) is 0.855. The minimum atomic E-state index is -0.0953. The molecule has 1 N–H and O–H groups in total. The van der Waals surface area contributed by atoms with E-state index in [0.717, 1.165) is 30.7 Å². The zero-order chi connectivity index (χ0) is 11.1. The number of halogens is 1. The standard InChI is InChI=1S/C11H14BrN3O/c12-9-10(13-6-14-11(9)16)15-4-7-2-1-3-8(7)5-15/h6-8H,1-5H2,(H,13,14,16). The summed E-state index contributed by atoms with van der Waals surface area (Å²) in [5.74, 6) is 2.43. The third-order valence-electron chi connectivity index (χ3n) is 3.80. The first-order valence-corrected chi connectivity index (χ1v) is 6.53. The van der Waals surface area contributed by atoms with Gasteiger partial charge in [0.1, 0.15) is 10.3 Å². The number of aromatic amines is 1. The van der Waals surface area contributed by atoms with Gasteiger partial charge in [-0.3, -0.25) is 4.79 Å². The topological polar surface area (TPSA) is 49.0 Å². The molecule has 0 amide bonds. The number of nitrogens with zero attached hydrogens (tertiary/aromatic N) is 2. The largest absolute Gasteiger partial charge is 0.355 e. The minimum absolute atomic E-state index is 0.0953. The Kier molecular flexibility index (Phi) is 2.50. The van der Waals surface area contributed by atoms with Gasteiger partial charge in [-0.15, -0.1) is 0 Å². The van der Waals surface area contributed by atoms with Crippen molar-refractivity contribution in [3.8, 4) is 0 Å². The van der Waals surface area contributed by atoms with Crippen molar-refractivity contribution in [1.29, 1.82) is 0 Å². The maximum atomic E-state index is 11.5. The Bertz CT molecular complexity index is 447. The number of anilines is 1. The van der Waals surface area contributed by atoms with Gasteiger partial charge in [-0.2, -0.15) is 0 Å². The molecule has 0 aromatic carbocycles. The van der Waals surface area contributed by atoms with E-state index in [2.05, 4.69) is 30.8 Å². The highest BCUT2D eigenvalue weighted by Crippen LogP contribution is 2.39. The summed E-state index contributed by atoms with van der Waals surface area (Å²) in [5, 5.41) is 0. The molecule has 86 valence electrons. The molecule has 0 spiro atoms. The molecule has 1 saturated heterocycles. The zero-order valence-corrected chi connectivity index (χ0v) is 10.5. The van der Waals surface area contributed by atoms with Crippen LogP contribution in [0.25, 0.3) is 0 Å². The number of H-pyrrole nitrogens is 1. The van der Waals surface area contributed by atoms with Crippen molar-refractivity contribution in [2.75, 3.05) is 18.0 Å². The van der Waals surface area contributed by atoms with Crippen molar-refractivity contribution in [1.82, 2.24) is 9.97 Å². The van der Waals surface area contributed by atoms with Crippen molar-refractivity contribution in [3.63, 3.8) is 0 Å². The molecular weight excluding hydrogens is 270 g/mol. The summed E-state index contributed by atoms with van der Waals surface area (Å²) >= 11 is 3.32. The average molecular weight is 284 g/mol. The van der Waals surface area contributed by atoms with Gasteiger partial charge < -0.3 is 9.88 Å². The molecule has 5 heteroatoms. The number of nitrogens with one attached hydrogen (secondary N) is 1. The van der Waals surface area contributed by atoms with Crippen molar-refractivity contribution in [3.05, 3.63) is 21.2 Å². The van der Waals surface area contributed by atoms with E-state index < -0.39 is 0 Å². The number of rotatable bonds is 1. The van der Waals surface area contributed by atoms with E-state index in [9.17, 15) is 4.79 Å². The van der Waals surface area contributed by atoms with Gasteiger partial charge >= 0.3 is 0 Å². The van der Waals surface area contributed by atoms with Crippen molar-refractivity contribution in [2.24, 2.45) is 11.8 Å². The van der Waals surface area contributed by atoms with Gasteiger partial charge in [-0.25, -0.2) is 4.98 Å². The lowest BCUT2D eigenvalue weighted by molar-refractivity contribution is 0.494. The monoisotopic (exact) mass is 283 g/mol. The molecule has 0 bridgehead atoms. The van der Waals surface area contributed by atoms with Crippen LogP contribution in [0.1, 0.15) is 19.3 Å². The molecule has 2 aliphatic rings. The fraction of sp³-hybridized carbons (Fsp3) is 0.636. The van der Waals surface area contributed by atoms with Gasteiger partial charge in [0.15, 0.2) is 0 Å². The van der Waals surface area contributed by atoms with Gasteiger partial charge in [0.2, 0.25) is 0 Å². The molecular formula is C11H14BrN3O. The normalized spacial score (nSPS) is 28.4. The van der Waals surface area contributed by atoms with Crippen molar-refractivity contribution in [2.45, 2.75) is 19.3 Å². The molecule has 3 rings (SSSR count). The second kappa shape index (κ2) is 3.87. The summed E-state index contributed by atoms with van der Waals surface area (Å²) in [6, 6.07) is 0. The van der Waals surface area contributed by atoms with Gasteiger partial charge in [-0.05, 0) is 40.6 Å². The Labute approximate surface area is 102 Å². The Balaban J connectivity index is 1.89. The lowest BCUT2D eigenvalue weighted by Gasteiger charge is -2.18. The number of aromatic nitrogens is 2. The lowest BCUT2D eigenvalue weighted by atomic mass is 10.0. The van der Waals surface area contributed by atoms with E-state index in [0.29, 0.717) is 4.47 Å². The molecule has 1 aromatic heterocycles. The van der Waals surface area contributed by atoms with Crippen LogP contribution in [-0.4, -0.2) is 23.1 Å². The van der Waals surface area contributed by atoms with Crippen LogP contribution in [0.15, 0.2) is 15.6 Å². The number of hydrogen-bond acceptors (Lipinski definition) is 3. The second-order valence-electron chi connectivity index (χ2n) is 4.73. The summed E-state index contributed by atoms with van der Waals surface area (Å²) in [6.07, 6.45) is 5.52. The molecule has 2 atom stereocenters. The fourth-order valence-electron chi connectivity index (χ4n) is 3.00. The van der Waals surface area contributed by atoms with Crippen molar-refractivity contribution < 1.29 is 0 Å². The molecule has 0 radical (unpaired) electrons. The molecule has 2 heterocycles. The van der Waals surface area contributed by atoms with E-state index in [1.807, 2.05) is 0 Å². The first kappa shape index (κ1) is 10.3.